The lowest BCUT2D eigenvalue weighted by atomic mass is 9.44. The molecule has 0 bridgehead atoms. The van der Waals surface area contributed by atoms with E-state index in [-0.39, 0.29) is 40.4 Å². The molecule has 4 aliphatic carbocycles. The van der Waals surface area contributed by atoms with E-state index in [1.165, 1.54) is 6.92 Å². The van der Waals surface area contributed by atoms with E-state index in [1.807, 2.05) is 0 Å². The van der Waals surface area contributed by atoms with Gasteiger partial charge in [0.2, 0.25) is 0 Å². The van der Waals surface area contributed by atoms with E-state index in [2.05, 4.69) is 13.8 Å². The Labute approximate surface area is 162 Å². The Morgan fingerprint density at radius 3 is 2.48 bits per heavy atom. The van der Waals surface area contributed by atoms with E-state index in [9.17, 15) is 14.4 Å². The molecule has 4 aliphatic rings. The van der Waals surface area contributed by atoms with Crippen LogP contribution in [0.1, 0.15) is 72.6 Å². The molecule has 0 unspecified atom stereocenters. The lowest BCUT2D eigenvalue weighted by Gasteiger charge is -2.60. The van der Waals surface area contributed by atoms with Crippen LogP contribution in [0.5, 0.6) is 0 Å². The molecular formula is C23H32O4. The van der Waals surface area contributed by atoms with Crippen LogP contribution in [0.4, 0.5) is 0 Å². The van der Waals surface area contributed by atoms with E-state index in [4.69, 9.17) is 4.74 Å². The number of ketones is 2. The second-order valence-corrected chi connectivity index (χ2v) is 10.0. The van der Waals surface area contributed by atoms with Crippen LogP contribution < -0.4 is 0 Å². The van der Waals surface area contributed by atoms with E-state index >= 15 is 0 Å². The third kappa shape index (κ3) is 2.74. The summed E-state index contributed by atoms with van der Waals surface area (Å²) in [6, 6.07) is 0. The summed E-state index contributed by atoms with van der Waals surface area (Å²) in [6.45, 7) is 7.67. The first-order chi connectivity index (χ1) is 12.7. The fourth-order valence-electron chi connectivity index (χ4n) is 7.50. The molecule has 7 atom stereocenters. The Bertz CT molecular complexity index is 722. The van der Waals surface area contributed by atoms with Crippen LogP contribution in [0.2, 0.25) is 0 Å². The van der Waals surface area contributed by atoms with Gasteiger partial charge in [0.05, 0.1) is 0 Å². The molecule has 0 spiro atoms. The Hall–Kier alpha value is -1.45. The highest BCUT2D eigenvalue weighted by molar-refractivity contribution is 6.08. The number of hydrogen-bond donors (Lipinski definition) is 0. The summed E-state index contributed by atoms with van der Waals surface area (Å²) in [5.41, 5.74) is 0.726. The molecule has 0 aliphatic heterocycles. The lowest BCUT2D eigenvalue weighted by molar-refractivity contribution is -0.161. The molecule has 27 heavy (non-hydrogen) atoms. The smallest absolute Gasteiger partial charge is 0.302 e. The molecule has 0 aromatic heterocycles. The van der Waals surface area contributed by atoms with Gasteiger partial charge in [-0.1, -0.05) is 13.8 Å². The van der Waals surface area contributed by atoms with Crippen molar-refractivity contribution in [2.75, 3.05) is 0 Å². The number of carbonyl (C=O) groups excluding carboxylic acids is 3. The number of ether oxygens (including phenoxy) is 1. The van der Waals surface area contributed by atoms with Crippen LogP contribution in [-0.4, -0.2) is 23.6 Å². The standard InChI is InChI=1S/C23H32O4/c1-13(24)19-12-20(26)21-17-6-5-15-11-16(27-14(2)25)7-9-22(15,3)18(17)8-10-23(19,21)4/h12,15-18,21H,5-11H2,1-4H3/t15-,16+,17-,18+,21+,22+,23-/m1/s1. The van der Waals surface area contributed by atoms with Crippen molar-refractivity contribution in [3.63, 3.8) is 0 Å². The minimum Gasteiger partial charge on any atom is -0.463 e. The van der Waals surface area contributed by atoms with Crippen LogP contribution in [-0.2, 0) is 19.1 Å². The first kappa shape index (κ1) is 18.9. The van der Waals surface area contributed by atoms with Gasteiger partial charge in [-0.05, 0) is 81.1 Å². The van der Waals surface area contributed by atoms with Gasteiger partial charge in [-0.2, -0.15) is 0 Å². The molecule has 0 aromatic carbocycles. The minimum absolute atomic E-state index is 0.0147. The van der Waals surface area contributed by atoms with Gasteiger partial charge in [-0.15, -0.1) is 0 Å². The summed E-state index contributed by atoms with van der Waals surface area (Å²) >= 11 is 0. The SMILES string of the molecule is CC(=O)O[C@H]1CC[C@@]2(C)[C@H](CC[C@H]3[C@H]4C(=O)C=C(C(C)=O)[C@@]4(C)CC[C@@H]32)C1. The molecule has 3 saturated carbocycles. The zero-order valence-corrected chi connectivity index (χ0v) is 17.0. The summed E-state index contributed by atoms with van der Waals surface area (Å²) in [4.78, 5) is 36.5. The number of esters is 1. The van der Waals surface area contributed by atoms with Crippen LogP contribution in [0, 0.1) is 34.5 Å². The third-order valence-corrected chi connectivity index (χ3v) is 8.71. The molecule has 4 nitrogen and oxygen atoms in total. The number of Topliss-reactive ketones (excluding diaryl/α,β-unsaturated/α-hetero) is 1. The number of rotatable bonds is 2. The van der Waals surface area contributed by atoms with Crippen molar-refractivity contribution in [1.29, 1.82) is 0 Å². The van der Waals surface area contributed by atoms with Gasteiger partial charge in [0.1, 0.15) is 6.10 Å². The Morgan fingerprint density at radius 1 is 1.07 bits per heavy atom. The van der Waals surface area contributed by atoms with Crippen molar-refractivity contribution < 1.29 is 19.1 Å². The Kier molecular flexibility index (Phi) is 4.40. The molecule has 0 saturated heterocycles. The van der Waals surface area contributed by atoms with Crippen LogP contribution >= 0.6 is 0 Å². The first-order valence-corrected chi connectivity index (χ1v) is 10.6. The number of carbonyl (C=O) groups is 3. The molecule has 0 aromatic rings. The van der Waals surface area contributed by atoms with Gasteiger partial charge in [0, 0.05) is 23.8 Å². The van der Waals surface area contributed by atoms with Gasteiger partial charge in [0.25, 0.3) is 0 Å². The fraction of sp³-hybridized carbons (Fsp3) is 0.783. The van der Waals surface area contributed by atoms with Crippen molar-refractivity contribution in [3.8, 4) is 0 Å². The molecule has 148 valence electrons. The zero-order valence-electron chi connectivity index (χ0n) is 17.0. The van der Waals surface area contributed by atoms with Gasteiger partial charge in [-0.25, -0.2) is 0 Å². The lowest BCUT2D eigenvalue weighted by Crippen LogP contribution is -2.55. The van der Waals surface area contributed by atoms with Crippen molar-refractivity contribution >= 4 is 17.5 Å². The van der Waals surface area contributed by atoms with Crippen molar-refractivity contribution in [2.45, 2.75) is 78.7 Å². The van der Waals surface area contributed by atoms with E-state index < -0.39 is 0 Å². The number of hydrogen-bond acceptors (Lipinski definition) is 4. The van der Waals surface area contributed by atoms with Gasteiger partial charge in [-0.3, -0.25) is 14.4 Å². The van der Waals surface area contributed by atoms with Crippen molar-refractivity contribution in [3.05, 3.63) is 11.6 Å². The van der Waals surface area contributed by atoms with Gasteiger partial charge >= 0.3 is 5.97 Å². The van der Waals surface area contributed by atoms with E-state index in [0.717, 1.165) is 50.5 Å². The molecule has 0 amide bonds. The number of allylic oxidation sites excluding steroid dienone is 2. The van der Waals surface area contributed by atoms with Crippen LogP contribution in [0.25, 0.3) is 0 Å². The molecular weight excluding hydrogens is 340 g/mol. The summed E-state index contributed by atoms with van der Waals surface area (Å²) < 4.78 is 5.53. The molecule has 4 rings (SSSR count). The molecule has 4 heteroatoms. The topological polar surface area (TPSA) is 60.4 Å². The second kappa shape index (κ2) is 6.28. The highest BCUT2D eigenvalue weighted by Gasteiger charge is 2.61. The molecule has 3 fully saturated rings. The van der Waals surface area contributed by atoms with Crippen LogP contribution in [0.3, 0.4) is 0 Å². The highest BCUT2D eigenvalue weighted by Crippen LogP contribution is 2.65. The molecule has 0 radical (unpaired) electrons. The van der Waals surface area contributed by atoms with Gasteiger partial charge in [0.15, 0.2) is 11.6 Å². The predicted molar refractivity (Wildman–Crippen MR) is 102 cm³/mol. The normalized spacial score (nSPS) is 46.0. The maximum absolute atomic E-state index is 12.9. The predicted octanol–water partition coefficient (Wildman–Crippen LogP) is 4.27. The minimum atomic E-state index is -0.262. The third-order valence-electron chi connectivity index (χ3n) is 8.71. The maximum atomic E-state index is 12.9. The summed E-state index contributed by atoms with van der Waals surface area (Å²) in [5.74, 6) is 1.55. The average molecular weight is 373 g/mol. The summed E-state index contributed by atoms with van der Waals surface area (Å²) in [6.07, 6.45) is 8.89. The monoisotopic (exact) mass is 372 g/mol. The largest absolute Gasteiger partial charge is 0.463 e. The quantitative estimate of drug-likeness (QED) is 0.679. The summed E-state index contributed by atoms with van der Waals surface area (Å²) in [5, 5.41) is 0. The zero-order chi connectivity index (χ0) is 19.6. The maximum Gasteiger partial charge on any atom is 0.302 e. The molecule has 0 N–H and O–H groups in total. The van der Waals surface area contributed by atoms with Crippen molar-refractivity contribution in [2.24, 2.45) is 34.5 Å². The molecule has 0 heterocycles. The first-order valence-electron chi connectivity index (χ1n) is 10.6. The highest BCUT2D eigenvalue weighted by atomic mass is 16.5. The van der Waals surface area contributed by atoms with Crippen LogP contribution in [0.15, 0.2) is 11.6 Å². The van der Waals surface area contributed by atoms with E-state index in [1.54, 1.807) is 13.0 Å². The summed E-state index contributed by atoms with van der Waals surface area (Å²) in [7, 11) is 0. The fourth-order valence-corrected chi connectivity index (χ4v) is 7.50. The number of fused-ring (bicyclic) bond motifs is 5. The van der Waals surface area contributed by atoms with Gasteiger partial charge < -0.3 is 4.74 Å². The van der Waals surface area contributed by atoms with Crippen molar-refractivity contribution in [1.82, 2.24) is 0 Å². The Balaban J connectivity index is 1.59. The second-order valence-electron chi connectivity index (χ2n) is 10.0. The van der Waals surface area contributed by atoms with E-state index in [0.29, 0.717) is 17.8 Å². The average Bonchev–Trinajstić information content (AvgIpc) is 2.86. The Morgan fingerprint density at radius 2 is 1.81 bits per heavy atom.